The van der Waals surface area contributed by atoms with Crippen molar-refractivity contribution in [2.45, 2.75) is 0 Å². The molecule has 74 valence electrons. The SMILES string of the molecule is Nc1cc(Cl)cc([N+](=O)[O-])c1C(=O)O. The van der Waals surface area contributed by atoms with Gasteiger partial charge in [0.15, 0.2) is 5.56 Å². The number of hydrogen-bond donors (Lipinski definition) is 2. The molecule has 1 aromatic rings. The van der Waals surface area contributed by atoms with Gasteiger partial charge in [0.25, 0.3) is 5.69 Å². The van der Waals surface area contributed by atoms with Crippen LogP contribution < -0.4 is 5.73 Å². The van der Waals surface area contributed by atoms with Crippen molar-refractivity contribution >= 4 is 28.9 Å². The molecule has 0 unspecified atom stereocenters. The van der Waals surface area contributed by atoms with E-state index in [2.05, 4.69) is 0 Å². The Balaban J connectivity index is 3.52. The number of benzene rings is 1. The molecule has 0 aliphatic heterocycles. The Labute approximate surface area is 83.0 Å². The zero-order chi connectivity index (χ0) is 10.9. The van der Waals surface area contributed by atoms with Crippen LogP contribution in [0.15, 0.2) is 12.1 Å². The zero-order valence-electron chi connectivity index (χ0n) is 6.73. The van der Waals surface area contributed by atoms with Crippen LogP contribution in [0.2, 0.25) is 5.02 Å². The molecule has 0 amide bonds. The molecule has 0 atom stereocenters. The largest absolute Gasteiger partial charge is 0.477 e. The summed E-state index contributed by atoms with van der Waals surface area (Å²) in [4.78, 5) is 20.2. The number of hydrogen-bond acceptors (Lipinski definition) is 4. The molecule has 0 aliphatic carbocycles. The molecule has 0 saturated heterocycles. The lowest BCUT2D eigenvalue weighted by Crippen LogP contribution is -2.06. The van der Waals surface area contributed by atoms with Gasteiger partial charge >= 0.3 is 5.97 Å². The second-order valence-electron chi connectivity index (χ2n) is 2.45. The number of nitrogen functional groups attached to an aromatic ring is 1. The Morgan fingerprint density at radius 3 is 2.57 bits per heavy atom. The van der Waals surface area contributed by atoms with E-state index in [0.717, 1.165) is 12.1 Å². The van der Waals surface area contributed by atoms with Crippen molar-refractivity contribution in [1.82, 2.24) is 0 Å². The van der Waals surface area contributed by atoms with Gasteiger partial charge < -0.3 is 10.8 Å². The van der Waals surface area contributed by atoms with Crippen LogP contribution in [0.25, 0.3) is 0 Å². The van der Waals surface area contributed by atoms with Crippen LogP contribution in [0.4, 0.5) is 11.4 Å². The van der Waals surface area contributed by atoms with Crippen molar-refractivity contribution in [3.63, 3.8) is 0 Å². The third-order valence-electron chi connectivity index (χ3n) is 1.52. The molecule has 14 heavy (non-hydrogen) atoms. The van der Waals surface area contributed by atoms with Crippen LogP contribution in [-0.2, 0) is 0 Å². The fourth-order valence-electron chi connectivity index (χ4n) is 0.990. The number of rotatable bonds is 2. The molecule has 0 bridgehead atoms. The molecule has 6 nitrogen and oxygen atoms in total. The maximum Gasteiger partial charge on any atom is 0.344 e. The summed E-state index contributed by atoms with van der Waals surface area (Å²) < 4.78 is 0. The lowest BCUT2D eigenvalue weighted by Gasteiger charge is -2.02. The summed E-state index contributed by atoms with van der Waals surface area (Å²) in [5, 5.41) is 19.1. The van der Waals surface area contributed by atoms with Crippen molar-refractivity contribution in [3.8, 4) is 0 Å². The van der Waals surface area contributed by atoms with Crippen molar-refractivity contribution in [2.75, 3.05) is 5.73 Å². The summed E-state index contributed by atoms with van der Waals surface area (Å²) in [6.45, 7) is 0. The Hall–Kier alpha value is -1.82. The minimum atomic E-state index is -1.45. The Bertz CT molecular complexity index is 418. The molecule has 1 aromatic carbocycles. The Morgan fingerprint density at radius 1 is 1.57 bits per heavy atom. The number of nitro groups is 1. The molecule has 7 heteroatoms. The van der Waals surface area contributed by atoms with Gasteiger partial charge in [-0.2, -0.15) is 0 Å². The second-order valence-corrected chi connectivity index (χ2v) is 2.89. The number of nitrogens with two attached hydrogens (primary N) is 1. The number of carboxylic acid groups (broad SMARTS) is 1. The molecule has 1 rings (SSSR count). The molecule has 0 spiro atoms. The van der Waals surface area contributed by atoms with E-state index in [1.54, 1.807) is 0 Å². The van der Waals surface area contributed by atoms with Gasteiger partial charge in [-0.05, 0) is 6.07 Å². The summed E-state index contributed by atoms with van der Waals surface area (Å²) in [6, 6.07) is 2.10. The van der Waals surface area contributed by atoms with Gasteiger partial charge in [-0.1, -0.05) is 11.6 Å². The van der Waals surface area contributed by atoms with Gasteiger partial charge in [-0.25, -0.2) is 4.79 Å². The van der Waals surface area contributed by atoms with E-state index < -0.39 is 22.1 Å². The van der Waals surface area contributed by atoms with Crippen molar-refractivity contribution in [1.29, 1.82) is 0 Å². The Kier molecular flexibility index (Phi) is 2.57. The molecule has 0 fully saturated rings. The summed E-state index contributed by atoms with van der Waals surface area (Å²) >= 11 is 5.49. The van der Waals surface area contributed by atoms with Crippen LogP contribution in [0.1, 0.15) is 10.4 Å². The zero-order valence-corrected chi connectivity index (χ0v) is 7.49. The molecular formula is C7H5ClN2O4. The highest BCUT2D eigenvalue weighted by Gasteiger charge is 2.23. The van der Waals surface area contributed by atoms with Gasteiger partial charge in [0.2, 0.25) is 0 Å². The van der Waals surface area contributed by atoms with Gasteiger partial charge in [-0.3, -0.25) is 10.1 Å². The van der Waals surface area contributed by atoms with Crippen LogP contribution >= 0.6 is 11.6 Å². The van der Waals surface area contributed by atoms with Crippen molar-refractivity contribution < 1.29 is 14.8 Å². The second kappa shape index (κ2) is 3.51. The lowest BCUT2D eigenvalue weighted by atomic mass is 10.1. The van der Waals surface area contributed by atoms with Crippen LogP contribution in [0.3, 0.4) is 0 Å². The number of anilines is 1. The van der Waals surface area contributed by atoms with Gasteiger partial charge in [0.05, 0.1) is 10.6 Å². The standard InChI is InChI=1S/C7H5ClN2O4/c8-3-1-4(9)6(7(11)12)5(2-3)10(13)14/h1-2H,9H2,(H,11,12). The summed E-state index contributed by atoms with van der Waals surface area (Å²) in [7, 11) is 0. The average molecular weight is 217 g/mol. The number of nitrogens with zero attached hydrogens (tertiary/aromatic N) is 1. The van der Waals surface area contributed by atoms with E-state index in [4.69, 9.17) is 22.4 Å². The third-order valence-corrected chi connectivity index (χ3v) is 1.74. The summed E-state index contributed by atoms with van der Waals surface area (Å²) in [5.41, 5.74) is 3.91. The van der Waals surface area contributed by atoms with E-state index in [-0.39, 0.29) is 10.7 Å². The minimum absolute atomic E-state index is 0.0270. The van der Waals surface area contributed by atoms with E-state index in [1.807, 2.05) is 0 Å². The molecule has 0 saturated carbocycles. The fourth-order valence-corrected chi connectivity index (χ4v) is 1.21. The van der Waals surface area contributed by atoms with Gasteiger partial charge in [0, 0.05) is 11.1 Å². The maximum atomic E-state index is 10.6. The predicted octanol–water partition coefficient (Wildman–Crippen LogP) is 1.53. The van der Waals surface area contributed by atoms with Crippen LogP contribution in [0, 0.1) is 10.1 Å². The molecule has 3 N–H and O–H groups in total. The molecule has 0 aliphatic rings. The third kappa shape index (κ3) is 1.74. The topological polar surface area (TPSA) is 106 Å². The number of carbonyl (C=O) groups is 1. The highest BCUT2D eigenvalue weighted by molar-refractivity contribution is 6.31. The van der Waals surface area contributed by atoms with E-state index in [9.17, 15) is 14.9 Å². The fraction of sp³-hybridized carbons (Fsp3) is 0. The van der Waals surface area contributed by atoms with Gasteiger partial charge in [0.1, 0.15) is 0 Å². The predicted molar refractivity (Wildman–Crippen MR) is 49.5 cm³/mol. The highest BCUT2D eigenvalue weighted by atomic mass is 35.5. The molecule has 0 radical (unpaired) electrons. The summed E-state index contributed by atoms with van der Waals surface area (Å²) in [5.74, 6) is -1.45. The first-order valence-electron chi connectivity index (χ1n) is 3.40. The number of halogens is 1. The van der Waals surface area contributed by atoms with Crippen molar-refractivity contribution in [3.05, 3.63) is 32.8 Å². The first-order valence-corrected chi connectivity index (χ1v) is 3.78. The first-order chi connectivity index (χ1) is 6.43. The maximum absolute atomic E-state index is 10.6. The van der Waals surface area contributed by atoms with E-state index in [0.29, 0.717) is 0 Å². The highest BCUT2D eigenvalue weighted by Crippen LogP contribution is 2.28. The number of nitro benzene ring substituents is 1. The quantitative estimate of drug-likeness (QED) is 0.443. The smallest absolute Gasteiger partial charge is 0.344 e. The lowest BCUT2D eigenvalue weighted by molar-refractivity contribution is -0.385. The van der Waals surface area contributed by atoms with E-state index in [1.165, 1.54) is 0 Å². The van der Waals surface area contributed by atoms with Gasteiger partial charge in [-0.15, -0.1) is 0 Å². The monoisotopic (exact) mass is 216 g/mol. The summed E-state index contributed by atoms with van der Waals surface area (Å²) in [6.07, 6.45) is 0. The molecule has 0 aromatic heterocycles. The average Bonchev–Trinajstić information content (AvgIpc) is 2.01. The minimum Gasteiger partial charge on any atom is -0.477 e. The van der Waals surface area contributed by atoms with Crippen LogP contribution in [0.5, 0.6) is 0 Å². The number of aromatic carboxylic acids is 1. The van der Waals surface area contributed by atoms with Crippen LogP contribution in [-0.4, -0.2) is 16.0 Å². The van der Waals surface area contributed by atoms with E-state index >= 15 is 0 Å². The van der Waals surface area contributed by atoms with Crippen molar-refractivity contribution in [2.24, 2.45) is 0 Å². The molecular weight excluding hydrogens is 212 g/mol. The molecule has 0 heterocycles. The number of carboxylic acids is 1. The Morgan fingerprint density at radius 2 is 2.14 bits per heavy atom. The first kappa shape index (κ1) is 10.3. The normalized spacial score (nSPS) is 9.79.